The highest BCUT2D eigenvalue weighted by molar-refractivity contribution is 5.66. The first kappa shape index (κ1) is 24.6. The first-order valence-corrected chi connectivity index (χ1v) is 12.1. The smallest absolute Gasteiger partial charge is 0.167 e. The van der Waals surface area contributed by atoms with Gasteiger partial charge in [0.15, 0.2) is 23.2 Å². The van der Waals surface area contributed by atoms with Gasteiger partial charge in [-0.1, -0.05) is 64.2 Å². The highest BCUT2D eigenvalue weighted by Gasteiger charge is 2.27. The molecule has 0 aromatic heterocycles. The van der Waals surface area contributed by atoms with E-state index in [0.717, 1.165) is 19.3 Å². The molecule has 0 saturated carbocycles. The molecule has 0 spiro atoms. The maximum Gasteiger partial charge on any atom is 0.167 e. The number of benzene rings is 2. The Bertz CT molecular complexity index is 860. The van der Waals surface area contributed by atoms with Gasteiger partial charge in [0.1, 0.15) is 0 Å². The van der Waals surface area contributed by atoms with Crippen molar-refractivity contribution in [3.63, 3.8) is 0 Å². The van der Waals surface area contributed by atoms with Crippen LogP contribution in [0.2, 0.25) is 0 Å². The number of rotatable bonds is 11. The van der Waals surface area contributed by atoms with Crippen LogP contribution in [0, 0.1) is 23.4 Å². The molecule has 1 saturated heterocycles. The Balaban J connectivity index is 1.62. The summed E-state index contributed by atoms with van der Waals surface area (Å²) in [5.74, 6) is -1.85. The Morgan fingerprint density at radius 2 is 1.72 bits per heavy atom. The van der Waals surface area contributed by atoms with Crippen LogP contribution in [0.25, 0.3) is 11.1 Å². The molecule has 0 amide bonds. The van der Waals surface area contributed by atoms with E-state index < -0.39 is 23.6 Å². The molecule has 0 N–H and O–H groups in total. The Morgan fingerprint density at radius 3 is 2.41 bits per heavy atom. The molecule has 2 nitrogen and oxygen atoms in total. The van der Waals surface area contributed by atoms with Gasteiger partial charge in [0, 0.05) is 11.1 Å². The highest BCUT2D eigenvalue weighted by atomic mass is 19.2. The van der Waals surface area contributed by atoms with Crippen LogP contribution < -0.4 is 4.74 Å². The number of hydrogen-bond donors (Lipinski definition) is 0. The van der Waals surface area contributed by atoms with Gasteiger partial charge in [0.25, 0.3) is 0 Å². The van der Waals surface area contributed by atoms with E-state index in [2.05, 4.69) is 6.92 Å². The zero-order valence-electron chi connectivity index (χ0n) is 19.3. The van der Waals surface area contributed by atoms with E-state index in [1.807, 2.05) is 6.92 Å². The zero-order valence-corrected chi connectivity index (χ0v) is 19.3. The average Bonchev–Trinajstić information content (AvgIpc) is 2.80. The molecular weight excluding hydrogens is 413 g/mol. The van der Waals surface area contributed by atoms with Crippen molar-refractivity contribution in [3.05, 3.63) is 53.3 Å². The second kappa shape index (κ2) is 12.3. The fraction of sp³-hybridized carbons (Fsp3) is 0.556. The van der Waals surface area contributed by atoms with Crippen LogP contribution in [-0.2, 0) is 4.74 Å². The number of hydrogen-bond acceptors (Lipinski definition) is 2. The third-order valence-corrected chi connectivity index (χ3v) is 6.25. The van der Waals surface area contributed by atoms with Crippen molar-refractivity contribution in [3.8, 4) is 16.9 Å². The second-order valence-electron chi connectivity index (χ2n) is 8.79. The van der Waals surface area contributed by atoms with Crippen LogP contribution in [0.15, 0.2) is 30.3 Å². The lowest BCUT2D eigenvalue weighted by atomic mass is 9.90. The molecule has 1 fully saturated rings. The van der Waals surface area contributed by atoms with Crippen LogP contribution in [-0.4, -0.2) is 13.2 Å². The largest absolute Gasteiger partial charge is 0.491 e. The Kier molecular flexibility index (Phi) is 9.46. The fourth-order valence-corrected chi connectivity index (χ4v) is 4.35. The van der Waals surface area contributed by atoms with Crippen LogP contribution >= 0.6 is 0 Å². The van der Waals surface area contributed by atoms with Crippen LogP contribution in [0.1, 0.15) is 83.3 Å². The van der Waals surface area contributed by atoms with Gasteiger partial charge in [-0.25, -0.2) is 13.2 Å². The molecule has 0 radical (unpaired) electrons. The normalized spacial score (nSPS) is 18.7. The summed E-state index contributed by atoms with van der Waals surface area (Å²) in [5, 5.41) is 0. The molecule has 2 aromatic carbocycles. The standard InChI is InChI=1S/C27H35F3O2/c1-3-5-6-7-8-9-19-10-14-24(32-18-19)22-13-12-21(26(29)27(22)30)20-11-15-25(23(28)17-20)31-16-4-2/h11-13,15,17,19,24H,3-10,14,16,18H2,1-2H3. The lowest BCUT2D eigenvalue weighted by Crippen LogP contribution is -2.21. The predicted molar refractivity (Wildman–Crippen MR) is 122 cm³/mol. The van der Waals surface area contributed by atoms with Crippen molar-refractivity contribution in [1.82, 2.24) is 0 Å². The minimum absolute atomic E-state index is 0.0351. The number of halogens is 3. The zero-order chi connectivity index (χ0) is 22.9. The van der Waals surface area contributed by atoms with Crippen molar-refractivity contribution in [2.45, 2.75) is 77.7 Å². The summed E-state index contributed by atoms with van der Waals surface area (Å²) in [6, 6.07) is 7.28. The SMILES string of the molecule is CCCCCCCC1CCC(c2ccc(-c3ccc(OCCC)c(F)c3)c(F)c2F)OC1. The quantitative estimate of drug-likeness (QED) is 0.321. The van der Waals surface area contributed by atoms with E-state index in [4.69, 9.17) is 9.47 Å². The van der Waals surface area contributed by atoms with Gasteiger partial charge in [0.05, 0.1) is 19.3 Å². The Labute approximate surface area is 190 Å². The topological polar surface area (TPSA) is 18.5 Å². The van der Waals surface area contributed by atoms with E-state index in [1.54, 1.807) is 12.1 Å². The maximum atomic E-state index is 14.9. The maximum absolute atomic E-state index is 14.9. The highest BCUT2D eigenvalue weighted by Crippen LogP contribution is 2.37. The molecule has 3 rings (SSSR count). The molecule has 5 heteroatoms. The molecule has 1 heterocycles. The Morgan fingerprint density at radius 1 is 0.906 bits per heavy atom. The van der Waals surface area contributed by atoms with Crippen LogP contribution in [0.4, 0.5) is 13.2 Å². The molecule has 2 atom stereocenters. The summed E-state index contributed by atoms with van der Waals surface area (Å²) >= 11 is 0. The molecule has 32 heavy (non-hydrogen) atoms. The molecule has 0 bridgehead atoms. The number of ether oxygens (including phenoxy) is 2. The van der Waals surface area contributed by atoms with Crippen molar-refractivity contribution in [1.29, 1.82) is 0 Å². The van der Waals surface area contributed by atoms with Gasteiger partial charge in [-0.2, -0.15) is 0 Å². The van der Waals surface area contributed by atoms with E-state index in [1.165, 1.54) is 50.3 Å². The minimum Gasteiger partial charge on any atom is -0.491 e. The lowest BCUT2D eigenvalue weighted by Gasteiger charge is -2.30. The molecule has 2 unspecified atom stereocenters. The van der Waals surface area contributed by atoms with Gasteiger partial charge < -0.3 is 9.47 Å². The average molecular weight is 449 g/mol. The summed E-state index contributed by atoms with van der Waals surface area (Å²) in [6.45, 7) is 5.12. The second-order valence-corrected chi connectivity index (χ2v) is 8.79. The summed E-state index contributed by atoms with van der Waals surface area (Å²) in [6.07, 6.45) is 9.37. The molecule has 176 valence electrons. The summed E-state index contributed by atoms with van der Waals surface area (Å²) in [4.78, 5) is 0. The van der Waals surface area contributed by atoms with Gasteiger partial charge >= 0.3 is 0 Å². The van der Waals surface area contributed by atoms with E-state index >= 15 is 0 Å². The molecule has 2 aromatic rings. The van der Waals surface area contributed by atoms with Gasteiger partial charge in [-0.3, -0.25) is 0 Å². The minimum atomic E-state index is -0.967. The van der Waals surface area contributed by atoms with Crippen molar-refractivity contribution in [2.24, 2.45) is 5.92 Å². The molecule has 1 aliphatic heterocycles. The van der Waals surface area contributed by atoms with Gasteiger partial charge in [0.2, 0.25) is 0 Å². The predicted octanol–water partition coefficient (Wildman–Crippen LogP) is 8.39. The summed E-state index contributed by atoms with van der Waals surface area (Å²) < 4.78 is 55.4. The van der Waals surface area contributed by atoms with E-state index in [9.17, 15) is 13.2 Å². The first-order chi connectivity index (χ1) is 15.5. The third-order valence-electron chi connectivity index (χ3n) is 6.25. The summed E-state index contributed by atoms with van der Waals surface area (Å²) in [7, 11) is 0. The van der Waals surface area contributed by atoms with E-state index in [0.29, 0.717) is 25.6 Å². The third kappa shape index (κ3) is 6.28. The van der Waals surface area contributed by atoms with Crippen LogP contribution in [0.5, 0.6) is 5.75 Å². The molecule has 0 aliphatic carbocycles. The summed E-state index contributed by atoms with van der Waals surface area (Å²) in [5.41, 5.74) is 0.561. The number of unbranched alkanes of at least 4 members (excludes halogenated alkanes) is 4. The molecule has 1 aliphatic rings. The molecular formula is C27H35F3O2. The first-order valence-electron chi connectivity index (χ1n) is 12.1. The van der Waals surface area contributed by atoms with Gasteiger partial charge in [-0.05, 0) is 49.3 Å². The van der Waals surface area contributed by atoms with Crippen molar-refractivity contribution >= 4 is 0 Å². The Hall–Kier alpha value is -2.01. The van der Waals surface area contributed by atoms with Crippen molar-refractivity contribution < 1.29 is 22.6 Å². The van der Waals surface area contributed by atoms with E-state index in [-0.39, 0.29) is 22.4 Å². The fourth-order valence-electron chi connectivity index (χ4n) is 4.35. The van der Waals surface area contributed by atoms with Gasteiger partial charge in [-0.15, -0.1) is 0 Å². The van der Waals surface area contributed by atoms with Crippen LogP contribution in [0.3, 0.4) is 0 Å². The van der Waals surface area contributed by atoms with Crippen molar-refractivity contribution in [2.75, 3.05) is 13.2 Å². The lowest BCUT2D eigenvalue weighted by molar-refractivity contribution is -0.0218. The monoisotopic (exact) mass is 448 g/mol.